The molecular weight excluding hydrogens is 242 g/mol. The molecule has 0 fully saturated rings. The summed E-state index contributed by atoms with van der Waals surface area (Å²) in [7, 11) is 0. The number of ether oxygens (including phenoxy) is 1. The van der Waals surface area contributed by atoms with Gasteiger partial charge in [0, 0.05) is 11.8 Å². The van der Waals surface area contributed by atoms with E-state index in [1.807, 2.05) is 20.8 Å². The van der Waals surface area contributed by atoms with Crippen LogP contribution in [-0.4, -0.2) is 22.9 Å². The van der Waals surface area contributed by atoms with Crippen LogP contribution in [0.1, 0.15) is 47.5 Å². The molecule has 0 radical (unpaired) electrons. The normalized spacial score (nSPS) is 10.4. The third-order valence-electron chi connectivity index (χ3n) is 1.89. The summed E-state index contributed by atoms with van der Waals surface area (Å²) in [5, 5.41) is 18.6. The van der Waals surface area contributed by atoms with E-state index in [4.69, 9.17) is 10.5 Å². The van der Waals surface area contributed by atoms with Crippen LogP contribution in [0.15, 0.2) is 18.2 Å². The molecule has 112 valence electrons. The van der Waals surface area contributed by atoms with Crippen LogP contribution in [-0.2, 0) is 0 Å². The number of nitrogen functional groups attached to an aromatic ring is 1. The zero-order chi connectivity index (χ0) is 15.3. The monoisotopic (exact) mass is 271 g/mol. The van der Waals surface area contributed by atoms with Crippen molar-refractivity contribution in [3.63, 3.8) is 0 Å². The summed E-state index contributed by atoms with van der Waals surface area (Å²) in [5.74, 6) is 0.333. The van der Waals surface area contributed by atoms with E-state index in [-0.39, 0.29) is 12.4 Å². The van der Waals surface area contributed by atoms with Crippen LogP contribution in [0.5, 0.6) is 11.5 Å². The Morgan fingerprint density at radius 1 is 1.21 bits per heavy atom. The van der Waals surface area contributed by atoms with Gasteiger partial charge in [-0.2, -0.15) is 0 Å². The molecule has 4 nitrogen and oxygen atoms in total. The SMILES string of the molecule is CC.CCC.CCC(O)COc1ccc(N)cc1O. The van der Waals surface area contributed by atoms with Crippen molar-refractivity contribution in [2.24, 2.45) is 0 Å². The second-order valence-corrected chi connectivity index (χ2v) is 3.81. The highest BCUT2D eigenvalue weighted by Crippen LogP contribution is 2.27. The average Bonchev–Trinajstić information content (AvgIpc) is 2.40. The van der Waals surface area contributed by atoms with Crippen LogP contribution in [0.25, 0.3) is 0 Å². The maximum atomic E-state index is 9.39. The van der Waals surface area contributed by atoms with Gasteiger partial charge >= 0.3 is 0 Å². The molecule has 0 saturated heterocycles. The Balaban J connectivity index is 0. The first kappa shape index (κ1) is 19.9. The molecule has 1 atom stereocenters. The van der Waals surface area contributed by atoms with Gasteiger partial charge in [-0.1, -0.05) is 41.0 Å². The molecule has 0 amide bonds. The average molecular weight is 271 g/mol. The van der Waals surface area contributed by atoms with E-state index < -0.39 is 6.10 Å². The van der Waals surface area contributed by atoms with Crippen molar-refractivity contribution in [1.82, 2.24) is 0 Å². The number of phenolic OH excluding ortho intramolecular Hbond substituents is 1. The number of aliphatic hydroxyl groups excluding tert-OH is 1. The van der Waals surface area contributed by atoms with Gasteiger partial charge in [-0.05, 0) is 18.6 Å². The van der Waals surface area contributed by atoms with E-state index in [0.29, 0.717) is 17.9 Å². The largest absolute Gasteiger partial charge is 0.504 e. The standard InChI is InChI=1S/C10H15NO3.C3H8.C2H6/c1-2-8(12)6-14-10-4-3-7(11)5-9(10)13;1-3-2;1-2/h3-5,8,12-13H,2,6,11H2,1H3;3H2,1-2H3;1-2H3. The molecule has 0 aliphatic carbocycles. The summed E-state index contributed by atoms with van der Waals surface area (Å²) in [4.78, 5) is 0. The fourth-order valence-electron chi connectivity index (χ4n) is 0.960. The van der Waals surface area contributed by atoms with Gasteiger partial charge in [0.05, 0.1) is 6.10 Å². The maximum absolute atomic E-state index is 9.39. The molecule has 0 heterocycles. The quantitative estimate of drug-likeness (QED) is 0.732. The molecule has 1 aromatic rings. The molecule has 1 rings (SSSR count). The minimum atomic E-state index is -0.507. The number of hydrogen-bond donors (Lipinski definition) is 3. The minimum Gasteiger partial charge on any atom is -0.504 e. The number of benzene rings is 1. The predicted octanol–water partition coefficient (Wildman–Crippen LogP) is 3.57. The van der Waals surface area contributed by atoms with E-state index in [9.17, 15) is 10.2 Å². The number of phenols is 1. The van der Waals surface area contributed by atoms with Crippen molar-refractivity contribution in [2.45, 2.75) is 53.6 Å². The number of hydrogen-bond acceptors (Lipinski definition) is 4. The second kappa shape index (κ2) is 13.0. The summed E-state index contributed by atoms with van der Waals surface area (Å²) in [6, 6.07) is 4.62. The first-order valence-electron chi connectivity index (χ1n) is 6.94. The van der Waals surface area contributed by atoms with Gasteiger partial charge in [-0.25, -0.2) is 0 Å². The molecule has 4 heteroatoms. The van der Waals surface area contributed by atoms with Gasteiger partial charge in [-0.15, -0.1) is 0 Å². The Labute approximate surface area is 117 Å². The van der Waals surface area contributed by atoms with Crippen LogP contribution in [0.2, 0.25) is 0 Å². The molecule has 0 spiro atoms. The minimum absolute atomic E-state index is 0.00620. The summed E-state index contributed by atoms with van der Waals surface area (Å²) in [6.07, 6.45) is 1.36. The van der Waals surface area contributed by atoms with Gasteiger partial charge in [0.2, 0.25) is 0 Å². The van der Waals surface area contributed by atoms with Gasteiger partial charge in [0.15, 0.2) is 11.5 Å². The zero-order valence-electron chi connectivity index (χ0n) is 12.8. The molecule has 0 aliphatic heterocycles. The van der Waals surface area contributed by atoms with Crippen molar-refractivity contribution < 1.29 is 14.9 Å². The zero-order valence-corrected chi connectivity index (χ0v) is 12.8. The second-order valence-electron chi connectivity index (χ2n) is 3.81. The molecule has 0 saturated carbocycles. The van der Waals surface area contributed by atoms with E-state index >= 15 is 0 Å². The Morgan fingerprint density at radius 2 is 1.74 bits per heavy atom. The van der Waals surface area contributed by atoms with Gasteiger partial charge in [0.25, 0.3) is 0 Å². The highest BCUT2D eigenvalue weighted by atomic mass is 16.5. The number of rotatable bonds is 4. The number of anilines is 1. The Hall–Kier alpha value is -1.42. The lowest BCUT2D eigenvalue weighted by Crippen LogP contribution is -2.16. The third kappa shape index (κ3) is 10.2. The molecule has 1 aromatic carbocycles. The lowest BCUT2D eigenvalue weighted by Gasteiger charge is -2.11. The molecule has 0 bridgehead atoms. The maximum Gasteiger partial charge on any atom is 0.161 e. The van der Waals surface area contributed by atoms with Crippen molar-refractivity contribution in [2.75, 3.05) is 12.3 Å². The lowest BCUT2D eigenvalue weighted by molar-refractivity contribution is 0.103. The van der Waals surface area contributed by atoms with Gasteiger partial charge in [0.1, 0.15) is 6.61 Å². The summed E-state index contributed by atoms with van der Waals surface area (Å²) < 4.78 is 5.19. The van der Waals surface area contributed by atoms with Crippen LogP contribution in [0.4, 0.5) is 5.69 Å². The van der Waals surface area contributed by atoms with E-state index in [2.05, 4.69) is 13.8 Å². The summed E-state index contributed by atoms with van der Waals surface area (Å²) in [6.45, 7) is 10.3. The molecule has 4 N–H and O–H groups in total. The van der Waals surface area contributed by atoms with Crippen LogP contribution in [0, 0.1) is 0 Å². The van der Waals surface area contributed by atoms with Crippen molar-refractivity contribution in [3.05, 3.63) is 18.2 Å². The van der Waals surface area contributed by atoms with Crippen LogP contribution >= 0.6 is 0 Å². The van der Waals surface area contributed by atoms with Crippen molar-refractivity contribution >= 4 is 5.69 Å². The third-order valence-corrected chi connectivity index (χ3v) is 1.89. The Kier molecular flexibility index (Phi) is 13.6. The summed E-state index contributed by atoms with van der Waals surface area (Å²) in [5.41, 5.74) is 5.92. The first-order valence-corrected chi connectivity index (χ1v) is 6.94. The van der Waals surface area contributed by atoms with E-state index in [1.165, 1.54) is 12.5 Å². The molecule has 19 heavy (non-hydrogen) atoms. The van der Waals surface area contributed by atoms with E-state index in [1.54, 1.807) is 12.1 Å². The van der Waals surface area contributed by atoms with Gasteiger partial charge in [-0.3, -0.25) is 0 Å². The molecule has 0 aliphatic rings. The summed E-state index contributed by atoms with van der Waals surface area (Å²) >= 11 is 0. The smallest absolute Gasteiger partial charge is 0.161 e. The predicted molar refractivity (Wildman–Crippen MR) is 81.6 cm³/mol. The number of nitrogens with two attached hydrogens (primary N) is 1. The fraction of sp³-hybridized carbons (Fsp3) is 0.600. The van der Waals surface area contributed by atoms with Crippen molar-refractivity contribution in [1.29, 1.82) is 0 Å². The first-order chi connectivity index (χ1) is 9.04. The highest BCUT2D eigenvalue weighted by molar-refractivity contribution is 5.51. The Bertz CT molecular complexity index is 316. The highest BCUT2D eigenvalue weighted by Gasteiger charge is 2.05. The fourth-order valence-corrected chi connectivity index (χ4v) is 0.960. The van der Waals surface area contributed by atoms with Crippen molar-refractivity contribution in [3.8, 4) is 11.5 Å². The topological polar surface area (TPSA) is 75.7 Å². The Morgan fingerprint density at radius 3 is 2.16 bits per heavy atom. The van der Waals surface area contributed by atoms with Crippen LogP contribution < -0.4 is 10.5 Å². The number of aliphatic hydroxyl groups is 1. The van der Waals surface area contributed by atoms with Gasteiger partial charge < -0.3 is 20.7 Å². The molecule has 1 unspecified atom stereocenters. The van der Waals surface area contributed by atoms with Crippen LogP contribution in [0.3, 0.4) is 0 Å². The molecule has 0 aromatic heterocycles. The molecular formula is C15H29NO3. The number of aromatic hydroxyl groups is 1. The lowest BCUT2D eigenvalue weighted by atomic mass is 10.2. The van der Waals surface area contributed by atoms with E-state index in [0.717, 1.165) is 0 Å².